The standard InChI is InChI=1S/C24H29N5O5S2/c1-7-29-17(12-34-16-10-8-9-14(2)11-16)26-27-24(29)35-13-18(30)25-21-19(23(32)33-6)15(3)20(36-21)22(31)28(4)5/h8-11H,7,12-13H2,1-6H3,(H,25,30). The van der Waals surface area contributed by atoms with E-state index in [1.54, 1.807) is 21.0 Å². The number of methoxy groups -OCH3 is 1. The highest BCUT2D eigenvalue weighted by molar-refractivity contribution is 7.99. The van der Waals surface area contributed by atoms with Crippen molar-refractivity contribution in [3.8, 4) is 5.75 Å². The number of amides is 2. The summed E-state index contributed by atoms with van der Waals surface area (Å²) in [6.07, 6.45) is 0. The first kappa shape index (κ1) is 27.2. The molecule has 0 unspecified atom stereocenters. The lowest BCUT2D eigenvalue weighted by atomic mass is 10.1. The van der Waals surface area contributed by atoms with E-state index in [9.17, 15) is 14.4 Å². The normalized spacial score (nSPS) is 10.7. The summed E-state index contributed by atoms with van der Waals surface area (Å²) in [5.41, 5.74) is 1.75. The lowest BCUT2D eigenvalue weighted by Gasteiger charge is -2.09. The highest BCUT2D eigenvalue weighted by atomic mass is 32.2. The zero-order chi connectivity index (χ0) is 26.4. The molecule has 2 amide bonds. The van der Waals surface area contributed by atoms with Crippen molar-refractivity contribution in [2.24, 2.45) is 0 Å². The van der Waals surface area contributed by atoms with Crippen LogP contribution in [0.25, 0.3) is 0 Å². The van der Waals surface area contributed by atoms with Gasteiger partial charge in [0.25, 0.3) is 5.91 Å². The monoisotopic (exact) mass is 531 g/mol. The molecule has 0 aliphatic rings. The highest BCUT2D eigenvalue weighted by Crippen LogP contribution is 2.34. The van der Waals surface area contributed by atoms with Gasteiger partial charge in [-0.25, -0.2) is 4.79 Å². The van der Waals surface area contributed by atoms with Gasteiger partial charge in [0.05, 0.1) is 23.3 Å². The molecule has 0 spiro atoms. The van der Waals surface area contributed by atoms with Gasteiger partial charge in [-0.05, 0) is 44.0 Å². The van der Waals surface area contributed by atoms with Gasteiger partial charge in [-0.15, -0.1) is 21.5 Å². The Morgan fingerprint density at radius 1 is 1.19 bits per heavy atom. The summed E-state index contributed by atoms with van der Waals surface area (Å²) in [5, 5.41) is 12.0. The molecule has 1 aromatic carbocycles. The first-order valence-electron chi connectivity index (χ1n) is 11.1. The molecule has 1 N–H and O–H groups in total. The Labute approximate surface area is 218 Å². The van der Waals surface area contributed by atoms with Gasteiger partial charge in [0.1, 0.15) is 17.4 Å². The lowest BCUT2D eigenvalue weighted by molar-refractivity contribution is -0.113. The van der Waals surface area contributed by atoms with Crippen LogP contribution in [0.2, 0.25) is 0 Å². The number of aromatic nitrogens is 3. The number of anilines is 1. The van der Waals surface area contributed by atoms with Crippen molar-refractivity contribution in [2.75, 3.05) is 32.3 Å². The molecule has 0 atom stereocenters. The number of hydrogen-bond acceptors (Lipinski definition) is 9. The van der Waals surface area contributed by atoms with Crippen molar-refractivity contribution in [2.45, 2.75) is 39.1 Å². The van der Waals surface area contributed by atoms with E-state index in [2.05, 4.69) is 15.5 Å². The number of rotatable bonds is 10. The van der Waals surface area contributed by atoms with Gasteiger partial charge in [-0.2, -0.15) is 0 Å². The second kappa shape index (κ2) is 12.0. The zero-order valence-corrected chi connectivity index (χ0v) is 22.7. The van der Waals surface area contributed by atoms with Gasteiger partial charge in [-0.1, -0.05) is 23.9 Å². The molecule has 0 radical (unpaired) electrons. The topological polar surface area (TPSA) is 116 Å². The number of carbonyl (C=O) groups is 3. The number of aryl methyl sites for hydroxylation is 1. The fraction of sp³-hybridized carbons (Fsp3) is 0.375. The van der Waals surface area contributed by atoms with E-state index in [-0.39, 0.29) is 34.7 Å². The first-order valence-corrected chi connectivity index (χ1v) is 12.9. The Balaban J connectivity index is 1.69. The van der Waals surface area contributed by atoms with Crippen molar-refractivity contribution in [1.29, 1.82) is 0 Å². The Kier molecular flexibility index (Phi) is 9.10. The minimum absolute atomic E-state index is 0.0331. The van der Waals surface area contributed by atoms with Gasteiger partial charge in [0.2, 0.25) is 5.91 Å². The molecule has 0 saturated heterocycles. The van der Waals surface area contributed by atoms with Crippen molar-refractivity contribution < 1.29 is 23.9 Å². The Hall–Kier alpha value is -3.38. The van der Waals surface area contributed by atoms with Crippen LogP contribution in [0.4, 0.5) is 5.00 Å². The lowest BCUT2D eigenvalue weighted by Crippen LogP contribution is -2.21. The summed E-state index contributed by atoms with van der Waals surface area (Å²) in [4.78, 5) is 39.4. The first-order chi connectivity index (χ1) is 17.2. The third-order valence-electron chi connectivity index (χ3n) is 5.19. The van der Waals surface area contributed by atoms with E-state index in [1.165, 1.54) is 23.8 Å². The molecular formula is C24H29N5O5S2. The van der Waals surface area contributed by atoms with E-state index >= 15 is 0 Å². The molecule has 0 bridgehead atoms. The van der Waals surface area contributed by atoms with Crippen LogP contribution in [0.3, 0.4) is 0 Å². The third-order valence-corrected chi connectivity index (χ3v) is 7.35. The number of thioether (sulfide) groups is 1. The van der Waals surface area contributed by atoms with Gasteiger partial charge in [0.15, 0.2) is 11.0 Å². The fourth-order valence-corrected chi connectivity index (χ4v) is 5.41. The van der Waals surface area contributed by atoms with Crippen LogP contribution in [0.1, 0.15) is 43.9 Å². The number of nitrogens with one attached hydrogen (secondary N) is 1. The van der Waals surface area contributed by atoms with Crippen LogP contribution >= 0.6 is 23.1 Å². The van der Waals surface area contributed by atoms with Gasteiger partial charge < -0.3 is 24.3 Å². The quantitative estimate of drug-likeness (QED) is 0.311. The molecule has 12 heteroatoms. The van der Waals surface area contributed by atoms with Gasteiger partial charge in [0, 0.05) is 20.6 Å². The molecule has 2 heterocycles. The number of ether oxygens (including phenoxy) is 2. The molecule has 0 saturated carbocycles. The molecule has 36 heavy (non-hydrogen) atoms. The van der Waals surface area contributed by atoms with Crippen LogP contribution in [-0.2, 0) is 22.7 Å². The predicted octanol–water partition coefficient (Wildman–Crippen LogP) is 3.77. The van der Waals surface area contributed by atoms with Crippen molar-refractivity contribution in [3.05, 3.63) is 51.7 Å². The number of esters is 1. The largest absolute Gasteiger partial charge is 0.486 e. The number of carbonyl (C=O) groups excluding carboxylic acids is 3. The maximum absolute atomic E-state index is 12.8. The third kappa shape index (κ3) is 6.24. The van der Waals surface area contributed by atoms with E-state index in [0.29, 0.717) is 28.0 Å². The predicted molar refractivity (Wildman–Crippen MR) is 139 cm³/mol. The SMILES string of the molecule is CCn1c(COc2cccc(C)c2)nnc1SCC(=O)Nc1sc(C(=O)N(C)C)c(C)c1C(=O)OC. The molecule has 10 nitrogen and oxygen atoms in total. The second-order valence-corrected chi connectivity index (χ2v) is 10.00. The summed E-state index contributed by atoms with van der Waals surface area (Å²) in [5.74, 6) is 0.205. The zero-order valence-electron chi connectivity index (χ0n) is 21.1. The van der Waals surface area contributed by atoms with Crippen LogP contribution < -0.4 is 10.1 Å². The van der Waals surface area contributed by atoms with Crippen LogP contribution in [0, 0.1) is 13.8 Å². The van der Waals surface area contributed by atoms with Gasteiger partial charge in [-0.3, -0.25) is 9.59 Å². The van der Waals surface area contributed by atoms with Crippen LogP contribution in [0.15, 0.2) is 29.4 Å². The molecular weight excluding hydrogens is 502 g/mol. The van der Waals surface area contributed by atoms with Crippen molar-refractivity contribution in [1.82, 2.24) is 19.7 Å². The molecule has 0 aliphatic carbocycles. The smallest absolute Gasteiger partial charge is 0.341 e. The molecule has 3 aromatic rings. The van der Waals surface area contributed by atoms with Crippen molar-refractivity contribution in [3.63, 3.8) is 0 Å². The number of thiophene rings is 1. The van der Waals surface area contributed by atoms with Crippen LogP contribution in [0.5, 0.6) is 5.75 Å². The van der Waals surface area contributed by atoms with E-state index < -0.39 is 5.97 Å². The molecule has 0 aliphatic heterocycles. The average molecular weight is 532 g/mol. The molecule has 3 rings (SSSR count). The van der Waals surface area contributed by atoms with E-state index in [1.807, 2.05) is 42.7 Å². The second-order valence-electron chi connectivity index (χ2n) is 8.04. The van der Waals surface area contributed by atoms with E-state index in [0.717, 1.165) is 22.6 Å². The highest BCUT2D eigenvalue weighted by Gasteiger charge is 2.27. The Bertz CT molecular complexity index is 1270. The maximum Gasteiger partial charge on any atom is 0.341 e. The summed E-state index contributed by atoms with van der Waals surface area (Å²) < 4.78 is 12.6. The van der Waals surface area contributed by atoms with E-state index in [4.69, 9.17) is 9.47 Å². The molecule has 192 valence electrons. The summed E-state index contributed by atoms with van der Waals surface area (Å²) in [7, 11) is 4.50. The number of nitrogens with zero attached hydrogens (tertiary/aromatic N) is 4. The Morgan fingerprint density at radius 3 is 2.58 bits per heavy atom. The summed E-state index contributed by atoms with van der Waals surface area (Å²) in [6.45, 7) is 6.47. The fourth-order valence-electron chi connectivity index (χ4n) is 3.35. The number of benzene rings is 1. The maximum atomic E-state index is 12.8. The molecule has 2 aromatic heterocycles. The number of hydrogen-bond donors (Lipinski definition) is 1. The minimum atomic E-state index is -0.617. The van der Waals surface area contributed by atoms with Crippen molar-refractivity contribution >= 4 is 45.9 Å². The Morgan fingerprint density at radius 2 is 1.94 bits per heavy atom. The molecule has 0 fully saturated rings. The summed E-state index contributed by atoms with van der Waals surface area (Å²) >= 11 is 2.27. The summed E-state index contributed by atoms with van der Waals surface area (Å²) in [6, 6.07) is 7.74. The minimum Gasteiger partial charge on any atom is -0.486 e. The van der Waals surface area contributed by atoms with Crippen LogP contribution in [-0.4, -0.2) is 64.4 Å². The average Bonchev–Trinajstić information content (AvgIpc) is 3.40. The van der Waals surface area contributed by atoms with Gasteiger partial charge >= 0.3 is 5.97 Å².